The van der Waals surface area contributed by atoms with E-state index in [-0.39, 0.29) is 0 Å². The first-order valence-electron chi connectivity index (χ1n) is 7.94. The summed E-state index contributed by atoms with van der Waals surface area (Å²) in [4.78, 5) is 8.56. The molecule has 2 fully saturated rings. The van der Waals surface area contributed by atoms with Crippen molar-refractivity contribution in [2.75, 3.05) is 25.5 Å². The van der Waals surface area contributed by atoms with E-state index < -0.39 is 0 Å². The fraction of sp³-hybridized carbons (Fsp3) is 0.812. The van der Waals surface area contributed by atoms with Crippen LogP contribution in [-0.4, -0.2) is 25.6 Å². The molecule has 1 N–H and O–H groups in total. The van der Waals surface area contributed by atoms with Gasteiger partial charge in [-0.2, -0.15) is 0 Å². The largest absolute Gasteiger partial charge is 0.351 e. The summed E-state index contributed by atoms with van der Waals surface area (Å²) in [6.07, 6.45) is 5.92. The van der Waals surface area contributed by atoms with Gasteiger partial charge in [0.2, 0.25) is 0 Å². The Morgan fingerprint density at radius 2 is 2.20 bits per heavy atom. The summed E-state index contributed by atoms with van der Waals surface area (Å²) < 4.78 is 0. The van der Waals surface area contributed by atoms with Gasteiger partial charge in [-0.3, -0.25) is 0 Å². The molecule has 0 aliphatic heterocycles. The molecule has 3 nitrogen and oxygen atoms in total. The Morgan fingerprint density at radius 1 is 1.40 bits per heavy atom. The molecule has 1 heterocycles. The van der Waals surface area contributed by atoms with Gasteiger partial charge in [0, 0.05) is 24.5 Å². The fourth-order valence-corrected chi connectivity index (χ4v) is 5.22. The van der Waals surface area contributed by atoms with Crippen LogP contribution in [0.4, 0.5) is 5.13 Å². The predicted octanol–water partition coefficient (Wildman–Crippen LogP) is 3.60. The van der Waals surface area contributed by atoms with Crippen molar-refractivity contribution in [1.82, 2.24) is 10.3 Å². The summed E-state index contributed by atoms with van der Waals surface area (Å²) in [7, 11) is 4.24. The van der Waals surface area contributed by atoms with Crippen LogP contribution in [0.2, 0.25) is 0 Å². The van der Waals surface area contributed by atoms with E-state index >= 15 is 0 Å². The van der Waals surface area contributed by atoms with Gasteiger partial charge in [0.15, 0.2) is 5.13 Å². The monoisotopic (exact) mass is 293 g/mol. The highest BCUT2D eigenvalue weighted by Gasteiger charge is 2.39. The van der Waals surface area contributed by atoms with Gasteiger partial charge in [0.05, 0.1) is 5.69 Å². The van der Waals surface area contributed by atoms with Crippen LogP contribution >= 0.6 is 11.3 Å². The highest BCUT2D eigenvalue weighted by Crippen LogP contribution is 2.48. The second-order valence-corrected chi connectivity index (χ2v) is 7.78. The molecule has 0 spiro atoms. The van der Waals surface area contributed by atoms with Crippen LogP contribution in [0.15, 0.2) is 0 Å². The second-order valence-electron chi connectivity index (χ2n) is 6.77. The van der Waals surface area contributed by atoms with Crippen LogP contribution in [0.25, 0.3) is 0 Å². The van der Waals surface area contributed by atoms with Crippen molar-refractivity contribution in [3.05, 3.63) is 10.6 Å². The van der Waals surface area contributed by atoms with Gasteiger partial charge in [-0.1, -0.05) is 6.42 Å². The summed E-state index contributed by atoms with van der Waals surface area (Å²) in [6.45, 7) is 5.54. The molecule has 1 aromatic rings. The Bertz CT molecular complexity index is 470. The van der Waals surface area contributed by atoms with Crippen LogP contribution < -0.4 is 10.2 Å². The number of rotatable bonds is 5. The second kappa shape index (κ2) is 5.64. The lowest BCUT2D eigenvalue weighted by molar-refractivity contribution is 0.337. The Morgan fingerprint density at radius 3 is 2.80 bits per heavy atom. The van der Waals surface area contributed by atoms with Crippen molar-refractivity contribution < 1.29 is 0 Å². The van der Waals surface area contributed by atoms with E-state index in [1.165, 1.54) is 47.9 Å². The van der Waals surface area contributed by atoms with E-state index in [4.69, 9.17) is 4.98 Å². The average Bonchev–Trinajstić information content (AvgIpc) is 3.12. The molecular weight excluding hydrogens is 266 g/mol. The molecular formula is C16H27N3S. The summed E-state index contributed by atoms with van der Waals surface area (Å²) in [5.74, 6) is 2.95. The quantitative estimate of drug-likeness (QED) is 0.899. The number of aryl methyl sites for hydroxylation is 1. The minimum atomic E-state index is 0.400. The Kier molecular flexibility index (Phi) is 4.04. The van der Waals surface area contributed by atoms with E-state index in [9.17, 15) is 0 Å². The summed E-state index contributed by atoms with van der Waals surface area (Å²) in [5, 5.41) is 4.52. The molecule has 4 heteroatoms. The predicted molar refractivity (Wildman–Crippen MR) is 86.5 cm³/mol. The van der Waals surface area contributed by atoms with Crippen LogP contribution in [0, 0.1) is 24.7 Å². The maximum Gasteiger partial charge on any atom is 0.185 e. The molecule has 2 aliphatic carbocycles. The molecule has 0 saturated heterocycles. The van der Waals surface area contributed by atoms with Crippen molar-refractivity contribution >= 4 is 16.5 Å². The highest BCUT2D eigenvalue weighted by atomic mass is 32.1. The van der Waals surface area contributed by atoms with Crippen molar-refractivity contribution in [2.45, 2.75) is 45.6 Å². The van der Waals surface area contributed by atoms with Crippen LogP contribution in [-0.2, 0) is 0 Å². The van der Waals surface area contributed by atoms with Crippen LogP contribution in [0.5, 0.6) is 0 Å². The Balaban J connectivity index is 1.66. The number of thiazole rings is 1. The minimum absolute atomic E-state index is 0.400. The first-order valence-corrected chi connectivity index (χ1v) is 8.75. The molecule has 4 unspecified atom stereocenters. The number of fused-ring (bicyclic) bond motifs is 2. The summed E-state index contributed by atoms with van der Waals surface area (Å²) >= 11 is 1.86. The number of aromatic nitrogens is 1. The van der Waals surface area contributed by atoms with E-state index in [1.54, 1.807) is 0 Å². The third-order valence-corrected chi connectivity index (χ3v) is 6.82. The van der Waals surface area contributed by atoms with Gasteiger partial charge in [-0.25, -0.2) is 4.98 Å². The van der Waals surface area contributed by atoms with Crippen LogP contribution in [0.1, 0.15) is 49.2 Å². The number of hydrogen-bond donors (Lipinski definition) is 1. The number of nitrogens with one attached hydrogen (secondary N) is 1. The molecule has 0 amide bonds. The molecule has 2 aliphatic rings. The van der Waals surface area contributed by atoms with Crippen molar-refractivity contribution in [2.24, 2.45) is 17.8 Å². The van der Waals surface area contributed by atoms with E-state index in [0.29, 0.717) is 6.04 Å². The van der Waals surface area contributed by atoms with Crippen molar-refractivity contribution in [1.29, 1.82) is 0 Å². The molecule has 0 radical (unpaired) electrons. The third kappa shape index (κ3) is 2.60. The Hall–Kier alpha value is -0.610. The molecule has 2 saturated carbocycles. The summed E-state index contributed by atoms with van der Waals surface area (Å²) in [6, 6.07) is 0.400. The molecule has 0 aromatic carbocycles. The highest BCUT2D eigenvalue weighted by molar-refractivity contribution is 7.15. The van der Waals surface area contributed by atoms with E-state index in [1.807, 2.05) is 18.4 Å². The summed E-state index contributed by atoms with van der Waals surface area (Å²) in [5.41, 5.74) is 1.19. The lowest BCUT2D eigenvalue weighted by Crippen LogP contribution is -2.28. The lowest BCUT2D eigenvalue weighted by Gasteiger charge is -2.26. The maximum atomic E-state index is 4.79. The molecule has 1 aromatic heterocycles. The van der Waals surface area contributed by atoms with Gasteiger partial charge in [-0.05, 0) is 57.9 Å². The number of nitrogens with zero attached hydrogens (tertiary/aromatic N) is 2. The molecule has 4 atom stereocenters. The zero-order chi connectivity index (χ0) is 14.3. The third-order valence-electron chi connectivity index (χ3n) is 5.37. The topological polar surface area (TPSA) is 28.2 Å². The van der Waals surface area contributed by atoms with Crippen LogP contribution in [0.3, 0.4) is 0 Å². The van der Waals surface area contributed by atoms with Gasteiger partial charge in [-0.15, -0.1) is 11.3 Å². The molecule has 2 bridgehead atoms. The SMILES string of the molecule is CNC(C)c1sc(N(C)CC2CC3CCC2C3)nc1C. The zero-order valence-corrected chi connectivity index (χ0v) is 14.0. The molecule has 112 valence electrons. The minimum Gasteiger partial charge on any atom is -0.351 e. The molecule has 20 heavy (non-hydrogen) atoms. The number of hydrogen-bond acceptors (Lipinski definition) is 4. The fourth-order valence-electron chi connectivity index (χ4n) is 4.12. The van der Waals surface area contributed by atoms with Gasteiger partial charge >= 0.3 is 0 Å². The van der Waals surface area contributed by atoms with Gasteiger partial charge in [0.25, 0.3) is 0 Å². The lowest BCUT2D eigenvalue weighted by atomic mass is 9.88. The van der Waals surface area contributed by atoms with E-state index in [2.05, 4.69) is 31.1 Å². The Labute approximate surface area is 126 Å². The smallest absolute Gasteiger partial charge is 0.185 e. The average molecular weight is 293 g/mol. The standard InChI is InChI=1S/C16H27N3S/c1-10(17-3)15-11(2)18-16(20-15)19(4)9-14-8-12-5-6-13(14)7-12/h10,12-14,17H,5-9H2,1-4H3. The van der Waals surface area contributed by atoms with Gasteiger partial charge in [0.1, 0.15) is 0 Å². The van der Waals surface area contributed by atoms with Crippen molar-refractivity contribution in [3.8, 4) is 0 Å². The zero-order valence-electron chi connectivity index (χ0n) is 13.1. The van der Waals surface area contributed by atoms with E-state index in [0.717, 1.165) is 17.8 Å². The van der Waals surface area contributed by atoms with Crippen molar-refractivity contribution in [3.63, 3.8) is 0 Å². The molecule has 3 rings (SSSR count). The normalized spacial score (nSPS) is 29.9. The first kappa shape index (κ1) is 14.3. The number of anilines is 1. The maximum absolute atomic E-state index is 4.79. The first-order chi connectivity index (χ1) is 9.58. The van der Waals surface area contributed by atoms with Gasteiger partial charge < -0.3 is 10.2 Å².